The minimum atomic E-state index is -0.171. The number of rotatable bonds is 5. The zero-order valence-corrected chi connectivity index (χ0v) is 13.3. The Kier molecular flexibility index (Phi) is 5.59. The van der Waals surface area contributed by atoms with Gasteiger partial charge in [-0.15, -0.1) is 11.6 Å². The average Bonchev–Trinajstić information content (AvgIpc) is 2.44. The third-order valence-corrected chi connectivity index (χ3v) is 4.08. The summed E-state index contributed by atoms with van der Waals surface area (Å²) in [4.78, 5) is 0. The van der Waals surface area contributed by atoms with Gasteiger partial charge in [-0.2, -0.15) is 0 Å². The van der Waals surface area contributed by atoms with Crippen LogP contribution in [0.2, 0.25) is 10.0 Å². The molecule has 2 rings (SSSR count). The van der Waals surface area contributed by atoms with Crippen molar-refractivity contribution in [2.45, 2.75) is 18.7 Å². The molecule has 1 nitrogen and oxygen atoms in total. The smallest absolute Gasteiger partial charge is 0.123 e. The number of benzene rings is 2. The molecule has 20 heavy (non-hydrogen) atoms. The first-order valence-electron chi connectivity index (χ1n) is 6.41. The number of para-hydroxylation sites is 1. The molecule has 0 fully saturated rings. The molecular weight excluding hydrogens is 315 g/mol. The van der Waals surface area contributed by atoms with Gasteiger partial charge in [-0.05, 0) is 37.1 Å². The van der Waals surface area contributed by atoms with E-state index in [4.69, 9.17) is 39.5 Å². The van der Waals surface area contributed by atoms with Crippen molar-refractivity contribution in [3.63, 3.8) is 0 Å². The van der Waals surface area contributed by atoms with E-state index in [9.17, 15) is 0 Å². The SMILES string of the molecule is CCOc1ccccc1C(Cl)Cc1ccc(Cl)c(Cl)c1. The van der Waals surface area contributed by atoms with Crippen LogP contribution in [0.4, 0.5) is 0 Å². The molecule has 0 saturated carbocycles. The molecule has 0 heterocycles. The highest BCUT2D eigenvalue weighted by atomic mass is 35.5. The fourth-order valence-corrected chi connectivity index (χ4v) is 2.69. The molecule has 0 amide bonds. The van der Waals surface area contributed by atoms with Crippen LogP contribution in [0.1, 0.15) is 23.4 Å². The lowest BCUT2D eigenvalue weighted by Crippen LogP contribution is -2.01. The molecular formula is C16H15Cl3O. The number of ether oxygens (including phenoxy) is 1. The summed E-state index contributed by atoms with van der Waals surface area (Å²) in [6, 6.07) is 13.4. The molecule has 0 spiro atoms. The molecule has 0 aliphatic heterocycles. The molecule has 0 radical (unpaired) electrons. The van der Waals surface area contributed by atoms with Gasteiger partial charge in [-0.25, -0.2) is 0 Å². The van der Waals surface area contributed by atoms with Crippen molar-refractivity contribution >= 4 is 34.8 Å². The number of alkyl halides is 1. The summed E-state index contributed by atoms with van der Waals surface area (Å²) in [7, 11) is 0. The second kappa shape index (κ2) is 7.21. The predicted octanol–water partition coefficient (Wildman–Crippen LogP) is 5.91. The van der Waals surface area contributed by atoms with E-state index in [0.717, 1.165) is 16.9 Å². The van der Waals surface area contributed by atoms with Crippen molar-refractivity contribution in [2.24, 2.45) is 0 Å². The Morgan fingerprint density at radius 2 is 1.80 bits per heavy atom. The third-order valence-electron chi connectivity index (χ3n) is 2.96. The Balaban J connectivity index is 2.19. The monoisotopic (exact) mass is 328 g/mol. The van der Waals surface area contributed by atoms with Crippen LogP contribution in [0.5, 0.6) is 5.75 Å². The largest absolute Gasteiger partial charge is 0.494 e. The molecule has 0 aliphatic carbocycles. The van der Waals surface area contributed by atoms with Crippen molar-refractivity contribution in [1.29, 1.82) is 0 Å². The molecule has 1 atom stereocenters. The van der Waals surface area contributed by atoms with E-state index in [1.54, 1.807) is 6.07 Å². The van der Waals surface area contributed by atoms with Gasteiger partial charge in [0, 0.05) is 5.56 Å². The molecule has 0 aromatic heterocycles. The molecule has 0 N–H and O–H groups in total. The second-order valence-corrected chi connectivity index (χ2v) is 5.73. The summed E-state index contributed by atoms with van der Waals surface area (Å²) in [5.74, 6) is 0.829. The van der Waals surface area contributed by atoms with E-state index in [2.05, 4.69) is 0 Å². The minimum absolute atomic E-state index is 0.171. The number of hydrogen-bond acceptors (Lipinski definition) is 1. The summed E-state index contributed by atoms with van der Waals surface area (Å²) >= 11 is 18.5. The Morgan fingerprint density at radius 3 is 2.50 bits per heavy atom. The normalized spacial score (nSPS) is 12.2. The molecule has 2 aromatic rings. The van der Waals surface area contributed by atoms with Gasteiger partial charge in [0.05, 0.1) is 22.0 Å². The Labute approximate surface area is 134 Å². The predicted molar refractivity (Wildman–Crippen MR) is 86.4 cm³/mol. The van der Waals surface area contributed by atoms with Crippen LogP contribution in [0.3, 0.4) is 0 Å². The highest BCUT2D eigenvalue weighted by Crippen LogP contribution is 2.33. The van der Waals surface area contributed by atoms with Gasteiger partial charge in [-0.3, -0.25) is 0 Å². The van der Waals surface area contributed by atoms with Crippen LogP contribution < -0.4 is 4.74 Å². The van der Waals surface area contributed by atoms with Crippen LogP contribution in [0.15, 0.2) is 42.5 Å². The first-order valence-corrected chi connectivity index (χ1v) is 7.60. The van der Waals surface area contributed by atoms with Gasteiger partial charge < -0.3 is 4.74 Å². The van der Waals surface area contributed by atoms with Gasteiger partial charge in [0.25, 0.3) is 0 Å². The molecule has 2 aromatic carbocycles. The summed E-state index contributed by atoms with van der Waals surface area (Å²) in [5.41, 5.74) is 2.03. The van der Waals surface area contributed by atoms with Gasteiger partial charge >= 0.3 is 0 Å². The zero-order valence-electron chi connectivity index (χ0n) is 11.1. The fourth-order valence-electron chi connectivity index (χ4n) is 2.01. The second-order valence-electron chi connectivity index (χ2n) is 4.39. The van der Waals surface area contributed by atoms with Gasteiger partial charge in [-0.1, -0.05) is 47.5 Å². The summed E-state index contributed by atoms with van der Waals surface area (Å²) in [5, 5.41) is 0.928. The summed E-state index contributed by atoms with van der Waals surface area (Å²) in [6.45, 7) is 2.58. The lowest BCUT2D eigenvalue weighted by molar-refractivity contribution is 0.336. The van der Waals surface area contributed by atoms with Crippen LogP contribution >= 0.6 is 34.8 Å². The van der Waals surface area contributed by atoms with Crippen molar-refractivity contribution in [3.8, 4) is 5.75 Å². The Hall–Kier alpha value is -0.890. The van der Waals surface area contributed by atoms with Crippen LogP contribution in [-0.2, 0) is 6.42 Å². The minimum Gasteiger partial charge on any atom is -0.494 e. The summed E-state index contributed by atoms with van der Waals surface area (Å²) < 4.78 is 5.61. The Morgan fingerprint density at radius 1 is 1.05 bits per heavy atom. The number of hydrogen-bond donors (Lipinski definition) is 0. The quantitative estimate of drug-likeness (QED) is 0.619. The molecule has 4 heteroatoms. The van der Waals surface area contributed by atoms with E-state index in [-0.39, 0.29) is 5.38 Å². The van der Waals surface area contributed by atoms with Gasteiger partial charge in [0.15, 0.2) is 0 Å². The van der Waals surface area contributed by atoms with Gasteiger partial charge in [0.2, 0.25) is 0 Å². The van der Waals surface area contributed by atoms with Crippen molar-refractivity contribution in [1.82, 2.24) is 0 Å². The maximum Gasteiger partial charge on any atom is 0.123 e. The number of halogens is 3. The van der Waals surface area contributed by atoms with Crippen molar-refractivity contribution in [3.05, 3.63) is 63.6 Å². The lowest BCUT2D eigenvalue weighted by atomic mass is 10.0. The molecule has 0 bridgehead atoms. The van der Waals surface area contributed by atoms with E-state index in [0.29, 0.717) is 23.1 Å². The third kappa shape index (κ3) is 3.82. The first-order chi connectivity index (χ1) is 9.61. The van der Waals surface area contributed by atoms with E-state index < -0.39 is 0 Å². The van der Waals surface area contributed by atoms with E-state index in [1.165, 1.54) is 0 Å². The highest BCUT2D eigenvalue weighted by Gasteiger charge is 2.14. The average molecular weight is 330 g/mol. The fraction of sp³-hybridized carbons (Fsp3) is 0.250. The molecule has 106 valence electrons. The van der Waals surface area contributed by atoms with Crippen LogP contribution in [-0.4, -0.2) is 6.61 Å². The molecule has 0 saturated heterocycles. The highest BCUT2D eigenvalue weighted by molar-refractivity contribution is 6.42. The van der Waals surface area contributed by atoms with E-state index >= 15 is 0 Å². The van der Waals surface area contributed by atoms with Crippen molar-refractivity contribution < 1.29 is 4.74 Å². The molecule has 1 unspecified atom stereocenters. The topological polar surface area (TPSA) is 9.23 Å². The van der Waals surface area contributed by atoms with E-state index in [1.807, 2.05) is 43.3 Å². The first kappa shape index (κ1) is 15.5. The Bertz CT molecular complexity index is 584. The maximum atomic E-state index is 6.52. The summed E-state index contributed by atoms with van der Waals surface area (Å²) in [6.07, 6.45) is 0.669. The lowest BCUT2D eigenvalue weighted by Gasteiger charge is -2.15. The molecule has 0 aliphatic rings. The zero-order chi connectivity index (χ0) is 14.5. The van der Waals surface area contributed by atoms with Crippen LogP contribution in [0.25, 0.3) is 0 Å². The maximum absolute atomic E-state index is 6.52. The van der Waals surface area contributed by atoms with Gasteiger partial charge in [0.1, 0.15) is 5.75 Å². The van der Waals surface area contributed by atoms with Crippen LogP contribution in [0, 0.1) is 0 Å². The standard InChI is InChI=1S/C16H15Cl3O/c1-2-20-16-6-4-3-5-12(16)14(18)9-11-7-8-13(17)15(19)10-11/h3-8,10,14H,2,9H2,1H3. The van der Waals surface area contributed by atoms with Crippen molar-refractivity contribution in [2.75, 3.05) is 6.61 Å².